The van der Waals surface area contributed by atoms with Crippen LogP contribution in [0, 0.1) is 5.82 Å². The number of nitrogens with one attached hydrogen (secondary N) is 1. The Morgan fingerprint density at radius 2 is 2.00 bits per heavy atom. The third-order valence-electron chi connectivity index (χ3n) is 4.12. The van der Waals surface area contributed by atoms with E-state index in [-0.39, 0.29) is 18.3 Å². The van der Waals surface area contributed by atoms with Crippen molar-refractivity contribution in [1.29, 1.82) is 0 Å². The summed E-state index contributed by atoms with van der Waals surface area (Å²) < 4.78 is 14.8. The maximum atomic E-state index is 14.0. The minimum Gasteiger partial charge on any atom is -0.361 e. The van der Waals surface area contributed by atoms with Gasteiger partial charge < -0.3 is 9.88 Å². The molecule has 1 amide bonds. The van der Waals surface area contributed by atoms with E-state index in [0.717, 1.165) is 20.9 Å². The third-order valence-corrected chi connectivity index (χ3v) is 4.61. The molecular weight excluding hydrogens is 371 g/mol. The molecule has 1 N–H and O–H groups in total. The van der Waals surface area contributed by atoms with Gasteiger partial charge in [-0.25, -0.2) is 4.39 Å². The molecule has 0 aliphatic heterocycles. The highest BCUT2D eigenvalue weighted by Crippen LogP contribution is 2.20. The average molecular weight is 389 g/mol. The van der Waals surface area contributed by atoms with Crippen molar-refractivity contribution in [3.63, 3.8) is 0 Å². The van der Waals surface area contributed by atoms with Crippen molar-refractivity contribution in [3.05, 3.63) is 70.1 Å². The molecule has 3 aromatic rings. The van der Waals surface area contributed by atoms with Crippen LogP contribution >= 0.6 is 15.9 Å². The van der Waals surface area contributed by atoms with E-state index < -0.39 is 0 Å². The number of likely N-dealkylation sites (N-methyl/N-ethyl adjacent to an activating group) is 1. The summed E-state index contributed by atoms with van der Waals surface area (Å²) in [7, 11) is 0. The fourth-order valence-corrected chi connectivity index (χ4v) is 3.21. The Morgan fingerprint density at radius 1 is 1.21 bits per heavy atom. The first-order valence-electron chi connectivity index (χ1n) is 7.85. The summed E-state index contributed by atoms with van der Waals surface area (Å²) in [6, 6.07) is 12.7. The number of carbonyl (C=O) groups is 1. The minimum absolute atomic E-state index is 0.0124. The number of H-pyrrole nitrogens is 1. The smallest absolute Gasteiger partial charge is 0.227 e. The van der Waals surface area contributed by atoms with Gasteiger partial charge in [-0.3, -0.25) is 4.79 Å². The first-order chi connectivity index (χ1) is 11.6. The van der Waals surface area contributed by atoms with Crippen LogP contribution in [0.15, 0.2) is 53.1 Å². The van der Waals surface area contributed by atoms with E-state index in [2.05, 4.69) is 20.9 Å². The maximum Gasteiger partial charge on any atom is 0.227 e. The standard InChI is InChI=1S/C19H18BrFN2O/c1-2-23(12-14-9-15(20)7-8-17(14)21)19(24)10-13-11-22-18-6-4-3-5-16(13)18/h3-9,11,22H,2,10,12H2,1H3. The molecule has 0 fully saturated rings. The van der Waals surface area contributed by atoms with Crippen molar-refractivity contribution in [2.45, 2.75) is 19.9 Å². The zero-order chi connectivity index (χ0) is 17.1. The van der Waals surface area contributed by atoms with Crippen molar-refractivity contribution in [1.82, 2.24) is 9.88 Å². The van der Waals surface area contributed by atoms with Crippen molar-refractivity contribution in [2.75, 3.05) is 6.54 Å². The van der Waals surface area contributed by atoms with Gasteiger partial charge in [0.05, 0.1) is 6.42 Å². The largest absolute Gasteiger partial charge is 0.361 e. The lowest BCUT2D eigenvalue weighted by Gasteiger charge is -2.21. The molecule has 3 rings (SSSR count). The summed E-state index contributed by atoms with van der Waals surface area (Å²) in [5, 5.41) is 1.05. The number of amides is 1. The molecule has 24 heavy (non-hydrogen) atoms. The van der Waals surface area contributed by atoms with Crippen LogP contribution < -0.4 is 0 Å². The highest BCUT2D eigenvalue weighted by Gasteiger charge is 2.16. The number of para-hydroxylation sites is 1. The fraction of sp³-hybridized carbons (Fsp3) is 0.211. The van der Waals surface area contributed by atoms with Gasteiger partial charge in [-0.15, -0.1) is 0 Å². The SMILES string of the molecule is CCN(Cc1cc(Br)ccc1F)C(=O)Cc1c[nH]c2ccccc12. The second kappa shape index (κ2) is 7.18. The van der Waals surface area contributed by atoms with Crippen LogP contribution in [0.3, 0.4) is 0 Å². The van der Waals surface area contributed by atoms with Gasteiger partial charge in [-0.2, -0.15) is 0 Å². The lowest BCUT2D eigenvalue weighted by Crippen LogP contribution is -2.31. The highest BCUT2D eigenvalue weighted by molar-refractivity contribution is 9.10. The van der Waals surface area contributed by atoms with Gasteiger partial charge in [0.1, 0.15) is 5.82 Å². The van der Waals surface area contributed by atoms with Crippen molar-refractivity contribution >= 4 is 32.7 Å². The Morgan fingerprint density at radius 3 is 2.79 bits per heavy atom. The number of hydrogen-bond donors (Lipinski definition) is 1. The number of halogens is 2. The summed E-state index contributed by atoms with van der Waals surface area (Å²) in [6.45, 7) is 2.71. The first-order valence-corrected chi connectivity index (χ1v) is 8.64. The van der Waals surface area contributed by atoms with Crippen LogP contribution in [-0.2, 0) is 17.8 Å². The van der Waals surface area contributed by atoms with E-state index in [1.165, 1.54) is 6.07 Å². The van der Waals surface area contributed by atoms with E-state index in [1.54, 1.807) is 17.0 Å². The van der Waals surface area contributed by atoms with Gasteiger partial charge in [-0.05, 0) is 36.8 Å². The van der Waals surface area contributed by atoms with Gasteiger partial charge in [-0.1, -0.05) is 34.1 Å². The molecule has 0 saturated heterocycles. The molecule has 5 heteroatoms. The number of nitrogens with zero attached hydrogens (tertiary/aromatic N) is 1. The summed E-state index contributed by atoms with van der Waals surface area (Å²) in [6.07, 6.45) is 2.17. The van der Waals surface area contributed by atoms with Crippen LogP contribution in [-0.4, -0.2) is 22.3 Å². The molecule has 0 bridgehead atoms. The third kappa shape index (κ3) is 3.51. The van der Waals surface area contributed by atoms with E-state index >= 15 is 0 Å². The predicted octanol–water partition coefficient (Wildman–Crippen LogP) is 4.66. The number of hydrogen-bond acceptors (Lipinski definition) is 1. The van der Waals surface area contributed by atoms with Crippen LogP contribution in [0.25, 0.3) is 10.9 Å². The Bertz CT molecular complexity index is 875. The molecule has 0 aliphatic carbocycles. The average Bonchev–Trinajstić information content (AvgIpc) is 2.98. The van der Waals surface area contributed by atoms with Gasteiger partial charge in [0.25, 0.3) is 0 Å². The molecule has 1 heterocycles. The van der Waals surface area contributed by atoms with Crippen LogP contribution in [0.2, 0.25) is 0 Å². The Kier molecular flexibility index (Phi) is 5.00. The number of aromatic nitrogens is 1. The molecule has 0 aliphatic rings. The van der Waals surface area contributed by atoms with Crippen LogP contribution in [0.5, 0.6) is 0 Å². The van der Waals surface area contributed by atoms with Crippen molar-refractivity contribution < 1.29 is 9.18 Å². The zero-order valence-electron chi connectivity index (χ0n) is 13.4. The molecule has 124 valence electrons. The van der Waals surface area contributed by atoms with E-state index in [4.69, 9.17) is 0 Å². The van der Waals surface area contributed by atoms with Crippen LogP contribution in [0.4, 0.5) is 4.39 Å². The molecule has 0 spiro atoms. The molecule has 2 aromatic carbocycles. The minimum atomic E-state index is -0.295. The highest BCUT2D eigenvalue weighted by atomic mass is 79.9. The van der Waals surface area contributed by atoms with Crippen molar-refractivity contribution in [2.24, 2.45) is 0 Å². The Labute approximate surface area is 148 Å². The molecule has 0 unspecified atom stereocenters. The Hall–Kier alpha value is -2.14. The zero-order valence-corrected chi connectivity index (χ0v) is 14.9. The Balaban J connectivity index is 1.78. The quantitative estimate of drug-likeness (QED) is 0.677. The molecule has 1 aromatic heterocycles. The number of carbonyl (C=O) groups excluding carboxylic acids is 1. The lowest BCUT2D eigenvalue weighted by molar-refractivity contribution is -0.130. The molecular formula is C19H18BrFN2O. The van der Waals surface area contributed by atoms with Gasteiger partial charge in [0, 0.05) is 40.2 Å². The summed E-state index contributed by atoms with van der Waals surface area (Å²) in [4.78, 5) is 17.5. The monoisotopic (exact) mass is 388 g/mol. The van der Waals surface area contributed by atoms with E-state index in [1.807, 2.05) is 37.4 Å². The number of rotatable bonds is 5. The van der Waals surface area contributed by atoms with Gasteiger partial charge in [0.2, 0.25) is 5.91 Å². The summed E-state index contributed by atoms with van der Waals surface area (Å²) in [5.41, 5.74) is 2.49. The second-order valence-corrected chi connectivity index (χ2v) is 6.60. The number of aromatic amines is 1. The first kappa shape index (κ1) is 16.7. The molecule has 0 radical (unpaired) electrons. The van der Waals surface area contributed by atoms with E-state index in [0.29, 0.717) is 18.5 Å². The molecule has 0 saturated carbocycles. The predicted molar refractivity (Wildman–Crippen MR) is 97.2 cm³/mol. The van der Waals surface area contributed by atoms with Gasteiger partial charge >= 0.3 is 0 Å². The lowest BCUT2D eigenvalue weighted by atomic mass is 10.1. The summed E-state index contributed by atoms with van der Waals surface area (Å²) in [5.74, 6) is -0.307. The maximum absolute atomic E-state index is 14.0. The number of benzene rings is 2. The molecule has 3 nitrogen and oxygen atoms in total. The molecule has 0 atom stereocenters. The second-order valence-electron chi connectivity index (χ2n) is 5.68. The van der Waals surface area contributed by atoms with E-state index in [9.17, 15) is 9.18 Å². The van der Waals surface area contributed by atoms with Gasteiger partial charge in [0.15, 0.2) is 0 Å². The number of fused-ring (bicyclic) bond motifs is 1. The topological polar surface area (TPSA) is 36.1 Å². The van der Waals surface area contributed by atoms with Crippen molar-refractivity contribution in [3.8, 4) is 0 Å². The fourth-order valence-electron chi connectivity index (χ4n) is 2.80. The van der Waals surface area contributed by atoms with Crippen LogP contribution in [0.1, 0.15) is 18.1 Å². The normalized spacial score (nSPS) is 11.0. The summed E-state index contributed by atoms with van der Waals surface area (Å²) >= 11 is 3.35.